The summed E-state index contributed by atoms with van der Waals surface area (Å²) in [4.78, 5) is 9.52. The van der Waals surface area contributed by atoms with Crippen molar-refractivity contribution in [1.82, 2.24) is 19.9 Å². The molecule has 1 aromatic heterocycles. The minimum Gasteiger partial charge on any atom is -0.379 e. The van der Waals surface area contributed by atoms with Crippen molar-refractivity contribution in [3.63, 3.8) is 0 Å². The highest BCUT2D eigenvalue weighted by Gasteiger charge is 2.22. The number of morpholine rings is 1. The first-order chi connectivity index (χ1) is 13.6. The topological polar surface area (TPSA) is 63.9 Å². The number of hydrogen-bond donors (Lipinski definition) is 0. The Balaban J connectivity index is 1.32. The van der Waals surface area contributed by atoms with Gasteiger partial charge in [0, 0.05) is 19.7 Å². The highest BCUT2D eigenvalue weighted by molar-refractivity contribution is 4.90. The molecule has 0 bridgehead atoms. The molecular weight excluding hydrogens is 356 g/mol. The third-order valence-electron chi connectivity index (χ3n) is 5.78. The van der Waals surface area contributed by atoms with Gasteiger partial charge in [-0.25, -0.2) is 0 Å². The normalized spacial score (nSPS) is 21.4. The monoisotopic (exact) mass is 394 g/mol. The molecule has 160 valence electrons. The Morgan fingerprint density at radius 2 is 1.82 bits per heavy atom. The molecule has 0 aromatic carbocycles. The van der Waals surface area contributed by atoms with Crippen LogP contribution in [0.25, 0.3) is 0 Å². The van der Waals surface area contributed by atoms with E-state index in [9.17, 15) is 0 Å². The molecule has 1 atom stereocenters. The van der Waals surface area contributed by atoms with Gasteiger partial charge in [-0.1, -0.05) is 19.0 Å². The van der Waals surface area contributed by atoms with Crippen molar-refractivity contribution in [1.29, 1.82) is 0 Å². The Bertz CT molecular complexity index is 552. The van der Waals surface area contributed by atoms with Gasteiger partial charge >= 0.3 is 0 Å². The van der Waals surface area contributed by atoms with Crippen LogP contribution in [0.2, 0.25) is 0 Å². The summed E-state index contributed by atoms with van der Waals surface area (Å²) in [6, 6.07) is 0. The van der Waals surface area contributed by atoms with E-state index in [0.29, 0.717) is 24.2 Å². The van der Waals surface area contributed by atoms with Gasteiger partial charge in [0.25, 0.3) is 0 Å². The minimum atomic E-state index is -0.114. The van der Waals surface area contributed by atoms with E-state index in [2.05, 4.69) is 33.8 Å². The van der Waals surface area contributed by atoms with Gasteiger partial charge in [0.05, 0.1) is 19.8 Å². The van der Waals surface area contributed by atoms with E-state index in [1.54, 1.807) is 0 Å². The zero-order valence-corrected chi connectivity index (χ0v) is 17.9. The van der Waals surface area contributed by atoms with Crippen LogP contribution in [0.15, 0.2) is 4.52 Å². The molecule has 3 heterocycles. The van der Waals surface area contributed by atoms with E-state index >= 15 is 0 Å². The standard InChI is InChI=1S/C21H38N4O3/c1-17(2)16-27-18(3)21-22-20(28-23-21)15-25-9-6-19(7-10-25)5-4-8-24-11-13-26-14-12-24/h17-19H,4-16H2,1-3H3/t18-/m1/s1. The summed E-state index contributed by atoms with van der Waals surface area (Å²) < 4.78 is 16.7. The first-order valence-electron chi connectivity index (χ1n) is 11.1. The predicted molar refractivity (Wildman–Crippen MR) is 108 cm³/mol. The second-order valence-corrected chi connectivity index (χ2v) is 8.73. The maximum absolute atomic E-state index is 5.78. The summed E-state index contributed by atoms with van der Waals surface area (Å²) in [5.41, 5.74) is 0. The zero-order valence-electron chi connectivity index (χ0n) is 17.9. The molecule has 2 saturated heterocycles. The van der Waals surface area contributed by atoms with Crippen LogP contribution in [0.4, 0.5) is 0 Å². The van der Waals surface area contributed by atoms with Crippen LogP contribution in [0.1, 0.15) is 64.3 Å². The summed E-state index contributed by atoms with van der Waals surface area (Å²) in [6.07, 6.45) is 5.10. The van der Waals surface area contributed by atoms with Crippen LogP contribution in [-0.2, 0) is 16.0 Å². The highest BCUT2D eigenvalue weighted by atomic mass is 16.5. The molecule has 0 saturated carbocycles. The Hall–Kier alpha value is -1.02. The maximum Gasteiger partial charge on any atom is 0.240 e. The SMILES string of the molecule is CC(C)CO[C@H](C)c1noc(CN2CCC(CCCN3CCOCC3)CC2)n1. The van der Waals surface area contributed by atoms with Gasteiger partial charge in [0.15, 0.2) is 5.82 Å². The number of piperidine rings is 1. The van der Waals surface area contributed by atoms with Crippen molar-refractivity contribution in [2.75, 3.05) is 52.5 Å². The number of hydrogen-bond acceptors (Lipinski definition) is 7. The molecule has 0 amide bonds. The van der Waals surface area contributed by atoms with E-state index in [0.717, 1.165) is 51.9 Å². The summed E-state index contributed by atoms with van der Waals surface area (Å²) in [6.45, 7) is 15.2. The summed E-state index contributed by atoms with van der Waals surface area (Å²) in [5.74, 6) is 2.73. The van der Waals surface area contributed by atoms with E-state index in [-0.39, 0.29) is 6.10 Å². The number of ether oxygens (including phenoxy) is 2. The summed E-state index contributed by atoms with van der Waals surface area (Å²) in [7, 11) is 0. The molecule has 0 aliphatic carbocycles. The van der Waals surface area contributed by atoms with Crippen molar-refractivity contribution >= 4 is 0 Å². The average molecular weight is 395 g/mol. The van der Waals surface area contributed by atoms with Gasteiger partial charge < -0.3 is 14.0 Å². The Kier molecular flexibility index (Phi) is 8.70. The molecule has 1 aromatic rings. The maximum atomic E-state index is 5.78. The van der Waals surface area contributed by atoms with Crippen molar-refractivity contribution in [3.05, 3.63) is 11.7 Å². The van der Waals surface area contributed by atoms with Gasteiger partial charge in [-0.3, -0.25) is 9.80 Å². The highest BCUT2D eigenvalue weighted by Crippen LogP contribution is 2.23. The van der Waals surface area contributed by atoms with Gasteiger partial charge in [-0.2, -0.15) is 4.98 Å². The lowest BCUT2D eigenvalue weighted by atomic mass is 9.92. The van der Waals surface area contributed by atoms with Gasteiger partial charge in [-0.05, 0) is 64.1 Å². The fourth-order valence-corrected chi connectivity index (χ4v) is 3.96. The van der Waals surface area contributed by atoms with Gasteiger partial charge in [-0.15, -0.1) is 0 Å². The quantitative estimate of drug-likeness (QED) is 0.604. The zero-order chi connectivity index (χ0) is 19.8. The lowest BCUT2D eigenvalue weighted by Crippen LogP contribution is -2.37. The van der Waals surface area contributed by atoms with Crippen molar-refractivity contribution in [2.24, 2.45) is 11.8 Å². The van der Waals surface area contributed by atoms with Crippen molar-refractivity contribution < 1.29 is 14.0 Å². The fraction of sp³-hybridized carbons (Fsp3) is 0.905. The van der Waals surface area contributed by atoms with Crippen LogP contribution >= 0.6 is 0 Å². The van der Waals surface area contributed by atoms with Crippen LogP contribution < -0.4 is 0 Å². The first kappa shape index (κ1) is 21.7. The van der Waals surface area contributed by atoms with E-state index in [1.807, 2.05) is 6.92 Å². The molecule has 2 aliphatic heterocycles. The summed E-state index contributed by atoms with van der Waals surface area (Å²) in [5, 5.41) is 4.11. The Labute approximate surface area is 169 Å². The molecule has 0 radical (unpaired) electrons. The number of rotatable bonds is 10. The Morgan fingerprint density at radius 3 is 2.54 bits per heavy atom. The second kappa shape index (κ2) is 11.2. The molecule has 0 spiro atoms. The molecule has 0 N–H and O–H groups in total. The first-order valence-corrected chi connectivity index (χ1v) is 11.1. The smallest absolute Gasteiger partial charge is 0.240 e. The molecular formula is C21H38N4O3. The number of likely N-dealkylation sites (tertiary alicyclic amines) is 1. The predicted octanol–water partition coefficient (Wildman–Crippen LogP) is 3.13. The molecule has 3 rings (SSSR count). The average Bonchev–Trinajstić information content (AvgIpc) is 3.17. The van der Waals surface area contributed by atoms with Crippen molar-refractivity contribution in [2.45, 2.75) is 59.1 Å². The van der Waals surface area contributed by atoms with Crippen LogP contribution in [0.3, 0.4) is 0 Å². The molecule has 2 fully saturated rings. The van der Waals surface area contributed by atoms with Gasteiger partial charge in [0.1, 0.15) is 6.10 Å². The van der Waals surface area contributed by atoms with E-state index < -0.39 is 0 Å². The fourth-order valence-electron chi connectivity index (χ4n) is 3.96. The van der Waals surface area contributed by atoms with E-state index in [1.165, 1.54) is 32.2 Å². The third kappa shape index (κ3) is 7.10. The number of nitrogens with zero attached hydrogens (tertiary/aromatic N) is 4. The lowest BCUT2D eigenvalue weighted by molar-refractivity contribution is 0.0361. The summed E-state index contributed by atoms with van der Waals surface area (Å²) >= 11 is 0. The minimum absolute atomic E-state index is 0.114. The molecule has 7 heteroatoms. The molecule has 2 aliphatic rings. The van der Waals surface area contributed by atoms with Gasteiger partial charge in [0.2, 0.25) is 5.89 Å². The van der Waals surface area contributed by atoms with Crippen molar-refractivity contribution in [3.8, 4) is 0 Å². The molecule has 28 heavy (non-hydrogen) atoms. The molecule has 0 unspecified atom stereocenters. The van der Waals surface area contributed by atoms with Crippen LogP contribution in [0.5, 0.6) is 0 Å². The third-order valence-corrected chi connectivity index (χ3v) is 5.78. The second-order valence-electron chi connectivity index (χ2n) is 8.73. The largest absolute Gasteiger partial charge is 0.379 e. The Morgan fingerprint density at radius 1 is 1.07 bits per heavy atom. The molecule has 7 nitrogen and oxygen atoms in total. The van der Waals surface area contributed by atoms with Crippen LogP contribution in [-0.4, -0.2) is 72.5 Å². The van der Waals surface area contributed by atoms with Crippen LogP contribution in [0, 0.1) is 11.8 Å². The lowest BCUT2D eigenvalue weighted by Gasteiger charge is -2.32. The van der Waals surface area contributed by atoms with E-state index in [4.69, 9.17) is 14.0 Å². The number of aromatic nitrogens is 2.